The fourth-order valence-corrected chi connectivity index (χ4v) is 1.93. The normalized spacial score (nSPS) is 14.2. The molecule has 0 aliphatic heterocycles. The Hall–Kier alpha value is -1.53. The van der Waals surface area contributed by atoms with E-state index in [0.29, 0.717) is 6.54 Å². The van der Waals surface area contributed by atoms with Crippen LogP contribution in [0.3, 0.4) is 0 Å². The first-order valence-electron chi connectivity index (χ1n) is 6.27. The van der Waals surface area contributed by atoms with Crippen LogP contribution in [0.15, 0.2) is 18.2 Å². The van der Waals surface area contributed by atoms with Crippen molar-refractivity contribution in [2.45, 2.75) is 18.9 Å². The molecule has 1 atom stereocenters. The zero-order chi connectivity index (χ0) is 15.3. The van der Waals surface area contributed by atoms with Gasteiger partial charge in [0.2, 0.25) is 5.91 Å². The standard InChI is InChI=1S/C14H20F2N2O2/c1-14(20,9-18(2)3)8-17-13(19)6-10-4-5-11(15)7-12(10)16/h4-5,7,20H,6,8-9H2,1-3H3,(H,17,19). The van der Waals surface area contributed by atoms with Crippen molar-refractivity contribution in [3.8, 4) is 0 Å². The molecule has 1 amide bonds. The number of rotatable bonds is 6. The van der Waals surface area contributed by atoms with Crippen LogP contribution < -0.4 is 5.32 Å². The maximum absolute atomic E-state index is 13.4. The number of nitrogens with zero attached hydrogens (tertiary/aromatic N) is 1. The molecule has 0 aliphatic carbocycles. The van der Waals surface area contributed by atoms with Gasteiger partial charge in [-0.2, -0.15) is 0 Å². The molecule has 0 saturated carbocycles. The second-order valence-electron chi connectivity index (χ2n) is 5.42. The highest BCUT2D eigenvalue weighted by Crippen LogP contribution is 2.10. The minimum Gasteiger partial charge on any atom is -0.387 e. The lowest BCUT2D eigenvalue weighted by molar-refractivity contribution is -0.121. The van der Waals surface area contributed by atoms with Crippen LogP contribution in [-0.2, 0) is 11.2 Å². The smallest absolute Gasteiger partial charge is 0.224 e. The van der Waals surface area contributed by atoms with Gasteiger partial charge in [-0.05, 0) is 32.6 Å². The molecule has 112 valence electrons. The largest absolute Gasteiger partial charge is 0.387 e. The van der Waals surface area contributed by atoms with E-state index in [0.717, 1.165) is 12.1 Å². The van der Waals surface area contributed by atoms with Gasteiger partial charge >= 0.3 is 0 Å². The van der Waals surface area contributed by atoms with E-state index in [1.165, 1.54) is 6.07 Å². The third kappa shape index (κ3) is 5.63. The Labute approximate surface area is 117 Å². The maximum atomic E-state index is 13.4. The molecule has 6 heteroatoms. The Balaban J connectivity index is 2.52. The van der Waals surface area contributed by atoms with E-state index >= 15 is 0 Å². The molecule has 0 aromatic heterocycles. The summed E-state index contributed by atoms with van der Waals surface area (Å²) in [7, 11) is 3.62. The van der Waals surface area contributed by atoms with Crippen molar-refractivity contribution in [3.63, 3.8) is 0 Å². The lowest BCUT2D eigenvalue weighted by Crippen LogP contribution is -2.47. The summed E-state index contributed by atoms with van der Waals surface area (Å²) in [6.07, 6.45) is -0.190. The summed E-state index contributed by atoms with van der Waals surface area (Å²) in [4.78, 5) is 13.5. The van der Waals surface area contributed by atoms with Gasteiger partial charge in [0, 0.05) is 19.2 Å². The summed E-state index contributed by atoms with van der Waals surface area (Å²) in [5.74, 6) is -1.85. The van der Waals surface area contributed by atoms with Crippen LogP contribution in [0.2, 0.25) is 0 Å². The number of hydrogen-bond donors (Lipinski definition) is 2. The van der Waals surface area contributed by atoms with Crippen molar-refractivity contribution in [3.05, 3.63) is 35.4 Å². The molecular weight excluding hydrogens is 266 g/mol. The number of benzene rings is 1. The number of likely N-dealkylation sites (N-methyl/N-ethyl adjacent to an activating group) is 1. The van der Waals surface area contributed by atoms with Gasteiger partial charge in [-0.3, -0.25) is 4.79 Å². The third-order valence-electron chi connectivity index (χ3n) is 2.69. The Kier molecular flexibility index (Phi) is 5.59. The van der Waals surface area contributed by atoms with E-state index in [-0.39, 0.29) is 18.5 Å². The predicted molar refractivity (Wildman–Crippen MR) is 72.2 cm³/mol. The fourth-order valence-electron chi connectivity index (χ4n) is 1.93. The van der Waals surface area contributed by atoms with E-state index < -0.39 is 23.1 Å². The Bertz CT molecular complexity index is 476. The number of carbonyl (C=O) groups excluding carboxylic acids is 1. The number of halogens is 2. The molecule has 0 radical (unpaired) electrons. The Morgan fingerprint density at radius 3 is 2.60 bits per heavy atom. The lowest BCUT2D eigenvalue weighted by atomic mass is 10.1. The fraction of sp³-hybridized carbons (Fsp3) is 0.500. The van der Waals surface area contributed by atoms with E-state index in [4.69, 9.17) is 0 Å². The molecule has 1 aromatic carbocycles. The molecule has 1 unspecified atom stereocenters. The topological polar surface area (TPSA) is 52.6 Å². The van der Waals surface area contributed by atoms with E-state index in [9.17, 15) is 18.7 Å². The zero-order valence-electron chi connectivity index (χ0n) is 11.9. The summed E-state index contributed by atoms with van der Waals surface area (Å²) < 4.78 is 26.1. The quantitative estimate of drug-likeness (QED) is 0.818. The lowest BCUT2D eigenvalue weighted by Gasteiger charge is -2.27. The summed E-state index contributed by atoms with van der Waals surface area (Å²) in [5, 5.41) is 12.6. The molecule has 0 fully saturated rings. The summed E-state index contributed by atoms with van der Waals surface area (Å²) in [5.41, 5.74) is -0.948. The number of carbonyl (C=O) groups is 1. The molecule has 0 saturated heterocycles. The first-order valence-corrected chi connectivity index (χ1v) is 6.27. The van der Waals surface area contributed by atoms with Gasteiger partial charge in [-0.25, -0.2) is 8.78 Å². The molecule has 0 spiro atoms. The van der Waals surface area contributed by atoms with Crippen molar-refractivity contribution >= 4 is 5.91 Å². The van der Waals surface area contributed by atoms with Crippen molar-refractivity contribution in [2.75, 3.05) is 27.2 Å². The number of amides is 1. The van der Waals surface area contributed by atoms with Gasteiger partial charge in [-0.1, -0.05) is 6.07 Å². The first-order chi connectivity index (χ1) is 9.19. The van der Waals surface area contributed by atoms with E-state index in [1.54, 1.807) is 11.8 Å². The first kappa shape index (κ1) is 16.5. The van der Waals surface area contributed by atoms with E-state index in [2.05, 4.69) is 5.32 Å². The highest BCUT2D eigenvalue weighted by atomic mass is 19.1. The van der Waals surface area contributed by atoms with Crippen LogP contribution in [-0.4, -0.2) is 48.7 Å². The number of aliphatic hydroxyl groups is 1. The molecule has 20 heavy (non-hydrogen) atoms. The van der Waals surface area contributed by atoms with Gasteiger partial charge in [0.15, 0.2) is 0 Å². The average molecular weight is 286 g/mol. The zero-order valence-corrected chi connectivity index (χ0v) is 11.9. The number of nitrogens with one attached hydrogen (secondary N) is 1. The minimum absolute atomic E-state index is 0.0623. The van der Waals surface area contributed by atoms with Crippen LogP contribution in [0.4, 0.5) is 8.78 Å². The summed E-state index contributed by atoms with van der Waals surface area (Å²) in [6.45, 7) is 2.05. The molecule has 0 aliphatic rings. The summed E-state index contributed by atoms with van der Waals surface area (Å²) >= 11 is 0. The second-order valence-corrected chi connectivity index (χ2v) is 5.42. The van der Waals surface area contributed by atoms with Gasteiger partial charge in [0.25, 0.3) is 0 Å². The summed E-state index contributed by atoms with van der Waals surface area (Å²) in [6, 6.07) is 3.08. The highest BCUT2D eigenvalue weighted by molar-refractivity contribution is 5.78. The van der Waals surface area contributed by atoms with Crippen molar-refractivity contribution < 1.29 is 18.7 Å². The molecule has 2 N–H and O–H groups in total. The monoisotopic (exact) mass is 286 g/mol. The molecule has 0 heterocycles. The van der Waals surface area contributed by atoms with Crippen LogP contribution in [0, 0.1) is 11.6 Å². The highest BCUT2D eigenvalue weighted by Gasteiger charge is 2.22. The third-order valence-corrected chi connectivity index (χ3v) is 2.69. The van der Waals surface area contributed by atoms with Crippen molar-refractivity contribution in [1.82, 2.24) is 10.2 Å². The van der Waals surface area contributed by atoms with Crippen LogP contribution >= 0.6 is 0 Å². The second kappa shape index (κ2) is 6.76. The predicted octanol–water partition coefficient (Wildman–Crippen LogP) is 0.936. The van der Waals surface area contributed by atoms with Crippen molar-refractivity contribution in [2.24, 2.45) is 0 Å². The van der Waals surface area contributed by atoms with Gasteiger partial charge in [-0.15, -0.1) is 0 Å². The van der Waals surface area contributed by atoms with Crippen LogP contribution in [0.1, 0.15) is 12.5 Å². The van der Waals surface area contributed by atoms with Crippen LogP contribution in [0.5, 0.6) is 0 Å². The molecule has 0 bridgehead atoms. The molecule has 4 nitrogen and oxygen atoms in total. The minimum atomic E-state index is -1.07. The SMILES string of the molecule is CN(C)CC(C)(O)CNC(=O)Cc1ccc(F)cc1F. The average Bonchev–Trinajstić information content (AvgIpc) is 2.29. The van der Waals surface area contributed by atoms with Gasteiger partial charge < -0.3 is 15.3 Å². The van der Waals surface area contributed by atoms with E-state index in [1.807, 2.05) is 14.1 Å². The van der Waals surface area contributed by atoms with Gasteiger partial charge in [0.1, 0.15) is 11.6 Å². The van der Waals surface area contributed by atoms with Crippen molar-refractivity contribution in [1.29, 1.82) is 0 Å². The Morgan fingerprint density at radius 1 is 1.40 bits per heavy atom. The Morgan fingerprint density at radius 2 is 2.05 bits per heavy atom. The maximum Gasteiger partial charge on any atom is 0.224 e. The molecular formula is C14H20F2N2O2. The molecule has 1 aromatic rings. The van der Waals surface area contributed by atoms with Crippen LogP contribution in [0.25, 0.3) is 0 Å². The number of hydrogen-bond acceptors (Lipinski definition) is 3. The molecule has 1 rings (SSSR count). The van der Waals surface area contributed by atoms with Gasteiger partial charge in [0.05, 0.1) is 12.0 Å².